The number of carbonyl (C=O) groups excluding carboxylic acids is 1. The van der Waals surface area contributed by atoms with Crippen molar-refractivity contribution in [3.8, 4) is 11.5 Å². The summed E-state index contributed by atoms with van der Waals surface area (Å²) in [5.74, 6) is -0.317. The van der Waals surface area contributed by atoms with Crippen LogP contribution in [0, 0.1) is 0 Å². The lowest BCUT2D eigenvalue weighted by atomic mass is 9.98. The van der Waals surface area contributed by atoms with Crippen LogP contribution in [-0.4, -0.2) is 28.2 Å². The Morgan fingerprint density at radius 1 is 1.43 bits per heavy atom. The minimum atomic E-state index is -1.20. The third-order valence-electron chi connectivity index (χ3n) is 2.28. The molecule has 0 fully saturated rings. The lowest BCUT2D eigenvalue weighted by Gasteiger charge is -2.26. The Bertz CT molecular complexity index is 386. The van der Waals surface area contributed by atoms with E-state index in [1.54, 1.807) is 19.1 Å². The number of ether oxygens (including phenoxy) is 1. The van der Waals surface area contributed by atoms with Crippen LogP contribution in [-0.2, 0) is 0 Å². The first-order valence-corrected chi connectivity index (χ1v) is 4.32. The fourth-order valence-corrected chi connectivity index (χ4v) is 1.49. The summed E-state index contributed by atoms with van der Waals surface area (Å²) in [7, 11) is 0. The molecule has 14 heavy (non-hydrogen) atoms. The number of fused-ring (bicyclic) bond motifs is 1. The summed E-state index contributed by atoms with van der Waals surface area (Å²) in [5.41, 5.74) is 0.0677. The molecule has 2 atom stereocenters. The van der Waals surface area contributed by atoms with E-state index in [1.165, 1.54) is 6.07 Å². The van der Waals surface area contributed by atoms with Gasteiger partial charge in [-0.2, -0.15) is 0 Å². The lowest BCUT2D eigenvalue weighted by Crippen LogP contribution is -2.40. The van der Waals surface area contributed by atoms with E-state index >= 15 is 0 Å². The van der Waals surface area contributed by atoms with Crippen LogP contribution in [0.1, 0.15) is 17.3 Å². The molecule has 1 aromatic rings. The molecule has 1 aromatic carbocycles. The number of aliphatic hydroxyl groups is 1. The van der Waals surface area contributed by atoms with Gasteiger partial charge in [0.15, 0.2) is 6.10 Å². The van der Waals surface area contributed by atoms with Crippen LogP contribution in [0.5, 0.6) is 11.5 Å². The Balaban J connectivity index is 2.57. The minimum absolute atomic E-state index is 0.0677. The van der Waals surface area contributed by atoms with Crippen LogP contribution in [0.2, 0.25) is 0 Å². The number of benzene rings is 1. The number of phenolic OH excluding ortho intramolecular Hbond substituents is 1. The summed E-state index contributed by atoms with van der Waals surface area (Å²) in [4.78, 5) is 11.6. The van der Waals surface area contributed by atoms with Crippen LogP contribution in [0.4, 0.5) is 0 Å². The van der Waals surface area contributed by atoms with Gasteiger partial charge in [-0.3, -0.25) is 4.79 Å². The lowest BCUT2D eigenvalue weighted by molar-refractivity contribution is 0.0286. The number of aromatic hydroxyl groups is 1. The molecule has 0 radical (unpaired) electrons. The molecule has 0 aromatic heterocycles. The predicted molar refractivity (Wildman–Crippen MR) is 48.5 cm³/mol. The van der Waals surface area contributed by atoms with E-state index in [-0.39, 0.29) is 11.3 Å². The minimum Gasteiger partial charge on any atom is -0.507 e. The van der Waals surface area contributed by atoms with Crippen LogP contribution in [0.3, 0.4) is 0 Å². The van der Waals surface area contributed by atoms with E-state index in [2.05, 4.69) is 0 Å². The van der Waals surface area contributed by atoms with Crippen molar-refractivity contribution in [3.05, 3.63) is 23.8 Å². The van der Waals surface area contributed by atoms with Crippen molar-refractivity contribution >= 4 is 5.78 Å². The largest absolute Gasteiger partial charge is 0.507 e. The summed E-state index contributed by atoms with van der Waals surface area (Å²) in [5, 5.41) is 18.9. The number of hydrogen-bond donors (Lipinski definition) is 2. The summed E-state index contributed by atoms with van der Waals surface area (Å²) < 4.78 is 5.26. The number of phenols is 1. The van der Waals surface area contributed by atoms with Crippen LogP contribution < -0.4 is 4.74 Å². The quantitative estimate of drug-likeness (QED) is 0.638. The molecule has 1 heterocycles. The van der Waals surface area contributed by atoms with Gasteiger partial charge in [-0.05, 0) is 19.1 Å². The Kier molecular flexibility index (Phi) is 1.93. The molecule has 0 unspecified atom stereocenters. The molecular weight excluding hydrogens is 184 g/mol. The molecule has 0 aliphatic carbocycles. The molecule has 0 spiro atoms. The molecule has 2 N–H and O–H groups in total. The smallest absolute Gasteiger partial charge is 0.202 e. The zero-order chi connectivity index (χ0) is 10.3. The van der Waals surface area contributed by atoms with Gasteiger partial charge in [0.05, 0.1) is 0 Å². The zero-order valence-electron chi connectivity index (χ0n) is 7.60. The van der Waals surface area contributed by atoms with E-state index in [4.69, 9.17) is 4.74 Å². The normalized spacial score (nSPS) is 25.4. The van der Waals surface area contributed by atoms with Gasteiger partial charge in [0.25, 0.3) is 0 Å². The summed E-state index contributed by atoms with van der Waals surface area (Å²) in [6.45, 7) is 1.61. The standard InChI is InChI=1S/C10H10O4/c1-5-9(12)10(13)8-6(11)3-2-4-7(8)14-5/h2-5,9,11-12H,1H3/t5-,9+/m0/s1. The average molecular weight is 194 g/mol. The highest BCUT2D eigenvalue weighted by Crippen LogP contribution is 2.33. The molecule has 4 heteroatoms. The Labute approximate surface area is 80.7 Å². The van der Waals surface area contributed by atoms with E-state index in [9.17, 15) is 15.0 Å². The molecule has 0 bridgehead atoms. The fourth-order valence-electron chi connectivity index (χ4n) is 1.49. The maximum Gasteiger partial charge on any atom is 0.202 e. The number of hydrogen-bond acceptors (Lipinski definition) is 4. The summed E-state index contributed by atoms with van der Waals surface area (Å²) in [6.07, 6.45) is -1.77. The monoisotopic (exact) mass is 194 g/mol. The molecule has 2 rings (SSSR count). The number of rotatable bonds is 0. The average Bonchev–Trinajstić information content (AvgIpc) is 2.14. The van der Waals surface area contributed by atoms with Gasteiger partial charge in [0, 0.05) is 0 Å². The Hall–Kier alpha value is -1.55. The van der Waals surface area contributed by atoms with E-state index in [1.807, 2.05) is 0 Å². The van der Waals surface area contributed by atoms with E-state index in [0.717, 1.165) is 0 Å². The number of Topliss-reactive ketones (excluding diaryl/α,β-unsaturated/α-hetero) is 1. The third-order valence-corrected chi connectivity index (χ3v) is 2.28. The second-order valence-electron chi connectivity index (χ2n) is 3.28. The highest BCUT2D eigenvalue weighted by molar-refractivity contribution is 6.05. The van der Waals surface area contributed by atoms with Gasteiger partial charge in [-0.1, -0.05) is 6.07 Å². The van der Waals surface area contributed by atoms with Crippen molar-refractivity contribution in [2.24, 2.45) is 0 Å². The first-order chi connectivity index (χ1) is 6.61. The van der Waals surface area contributed by atoms with Crippen molar-refractivity contribution in [1.82, 2.24) is 0 Å². The molecule has 4 nitrogen and oxygen atoms in total. The summed E-state index contributed by atoms with van der Waals surface area (Å²) >= 11 is 0. The second kappa shape index (κ2) is 2.99. The molecule has 0 saturated heterocycles. The second-order valence-corrected chi connectivity index (χ2v) is 3.28. The number of ketones is 1. The number of aliphatic hydroxyl groups excluding tert-OH is 1. The zero-order valence-corrected chi connectivity index (χ0v) is 7.60. The third kappa shape index (κ3) is 1.15. The van der Waals surface area contributed by atoms with Crippen molar-refractivity contribution in [3.63, 3.8) is 0 Å². The molecule has 74 valence electrons. The van der Waals surface area contributed by atoms with Gasteiger partial charge >= 0.3 is 0 Å². The summed E-state index contributed by atoms with van der Waals surface area (Å²) in [6, 6.07) is 4.57. The fraction of sp³-hybridized carbons (Fsp3) is 0.300. The first kappa shape index (κ1) is 9.02. The van der Waals surface area contributed by atoms with Gasteiger partial charge in [-0.25, -0.2) is 0 Å². The topological polar surface area (TPSA) is 66.8 Å². The molecule has 0 amide bonds. The maximum atomic E-state index is 11.6. The van der Waals surface area contributed by atoms with E-state index in [0.29, 0.717) is 5.75 Å². The Morgan fingerprint density at radius 3 is 2.86 bits per heavy atom. The highest BCUT2D eigenvalue weighted by atomic mass is 16.5. The molecule has 1 aliphatic heterocycles. The van der Waals surface area contributed by atoms with Crippen molar-refractivity contribution in [2.45, 2.75) is 19.1 Å². The molecule has 1 aliphatic rings. The SMILES string of the molecule is C[C@@H]1Oc2cccc(O)c2C(=O)[C@@H]1O. The van der Waals surface area contributed by atoms with Crippen LogP contribution in [0.15, 0.2) is 18.2 Å². The molecular formula is C10H10O4. The van der Waals surface area contributed by atoms with Crippen LogP contribution in [0.25, 0.3) is 0 Å². The first-order valence-electron chi connectivity index (χ1n) is 4.32. The van der Waals surface area contributed by atoms with Gasteiger partial charge < -0.3 is 14.9 Å². The van der Waals surface area contributed by atoms with Gasteiger partial charge in [0.1, 0.15) is 23.2 Å². The van der Waals surface area contributed by atoms with Crippen molar-refractivity contribution in [1.29, 1.82) is 0 Å². The van der Waals surface area contributed by atoms with Crippen LogP contribution >= 0.6 is 0 Å². The van der Waals surface area contributed by atoms with Crippen molar-refractivity contribution < 1.29 is 19.7 Å². The predicted octanol–water partition coefficient (Wildman–Crippen LogP) is 0.717. The maximum absolute atomic E-state index is 11.6. The van der Waals surface area contributed by atoms with E-state index < -0.39 is 18.0 Å². The Morgan fingerprint density at radius 2 is 2.14 bits per heavy atom. The van der Waals surface area contributed by atoms with Gasteiger partial charge in [-0.15, -0.1) is 0 Å². The van der Waals surface area contributed by atoms with Crippen molar-refractivity contribution in [2.75, 3.05) is 0 Å². The van der Waals surface area contributed by atoms with Gasteiger partial charge in [0.2, 0.25) is 5.78 Å². The molecule has 0 saturated carbocycles. The number of carbonyl (C=O) groups is 1. The highest BCUT2D eigenvalue weighted by Gasteiger charge is 2.34.